The average molecular weight is 467 g/mol. The molecule has 0 saturated carbocycles. The minimum atomic E-state index is -0.314. The van der Waals surface area contributed by atoms with Crippen LogP contribution in [0, 0.1) is 5.82 Å². The van der Waals surface area contributed by atoms with Crippen LogP contribution >= 0.6 is 11.8 Å². The number of carbonyl (C=O) groups excluding carboxylic acids is 2. The van der Waals surface area contributed by atoms with Gasteiger partial charge in [0.2, 0.25) is 0 Å². The Morgan fingerprint density at radius 1 is 1.06 bits per heavy atom. The van der Waals surface area contributed by atoms with Crippen LogP contribution in [0.1, 0.15) is 28.4 Å². The number of halogens is 1. The van der Waals surface area contributed by atoms with Crippen molar-refractivity contribution in [2.75, 3.05) is 24.8 Å². The van der Waals surface area contributed by atoms with Crippen LogP contribution in [-0.4, -0.2) is 31.3 Å². The third kappa shape index (κ3) is 5.84. The Balaban J connectivity index is 1.31. The molecule has 0 saturated heterocycles. The Morgan fingerprint density at radius 2 is 1.88 bits per heavy atom. The molecule has 0 bridgehead atoms. The van der Waals surface area contributed by atoms with Crippen LogP contribution in [0.5, 0.6) is 11.5 Å². The maximum absolute atomic E-state index is 13.7. The van der Waals surface area contributed by atoms with E-state index in [1.165, 1.54) is 12.1 Å². The summed E-state index contributed by atoms with van der Waals surface area (Å²) in [6.07, 6.45) is 0.733. The van der Waals surface area contributed by atoms with Crippen molar-refractivity contribution < 1.29 is 23.5 Å². The molecule has 1 atom stereocenters. The van der Waals surface area contributed by atoms with Crippen LogP contribution in [0.2, 0.25) is 0 Å². The first-order valence-corrected chi connectivity index (χ1v) is 11.4. The zero-order valence-corrected chi connectivity index (χ0v) is 18.8. The maximum atomic E-state index is 13.7. The van der Waals surface area contributed by atoms with E-state index in [1.807, 2.05) is 0 Å². The van der Waals surface area contributed by atoms with E-state index in [-0.39, 0.29) is 30.3 Å². The first-order chi connectivity index (χ1) is 16.0. The zero-order valence-electron chi connectivity index (χ0n) is 18.0. The molecule has 0 fully saturated rings. The summed E-state index contributed by atoms with van der Waals surface area (Å²) < 4.78 is 24.3. The van der Waals surface area contributed by atoms with Gasteiger partial charge >= 0.3 is 0 Å². The van der Waals surface area contributed by atoms with Crippen molar-refractivity contribution in [2.24, 2.45) is 0 Å². The first-order valence-electron chi connectivity index (χ1n) is 10.4. The highest BCUT2D eigenvalue weighted by atomic mass is 32.2. The van der Waals surface area contributed by atoms with E-state index in [2.05, 4.69) is 10.6 Å². The molecule has 1 unspecified atom stereocenters. The molecule has 1 aliphatic heterocycles. The van der Waals surface area contributed by atoms with Gasteiger partial charge in [-0.15, -0.1) is 11.8 Å². The number of methoxy groups -OCH3 is 1. The van der Waals surface area contributed by atoms with Gasteiger partial charge in [-0.25, -0.2) is 4.39 Å². The van der Waals surface area contributed by atoms with E-state index in [1.54, 1.807) is 73.5 Å². The summed E-state index contributed by atoms with van der Waals surface area (Å²) in [7, 11) is 1.56. The fraction of sp³-hybridized carbons (Fsp3) is 0.200. The second kappa shape index (κ2) is 10.4. The van der Waals surface area contributed by atoms with E-state index in [9.17, 15) is 14.0 Å². The summed E-state index contributed by atoms with van der Waals surface area (Å²) in [5.41, 5.74) is 1.87. The molecule has 0 spiro atoms. The van der Waals surface area contributed by atoms with Gasteiger partial charge in [-0.3, -0.25) is 9.59 Å². The molecule has 1 heterocycles. The van der Waals surface area contributed by atoms with Crippen molar-refractivity contribution >= 4 is 29.3 Å². The number of hydrogen-bond donors (Lipinski definition) is 2. The van der Waals surface area contributed by atoms with Crippen molar-refractivity contribution in [3.63, 3.8) is 0 Å². The smallest absolute Gasteiger partial charge is 0.262 e. The van der Waals surface area contributed by atoms with Crippen LogP contribution < -0.4 is 20.1 Å². The molecular weight excluding hydrogens is 443 g/mol. The van der Waals surface area contributed by atoms with Gasteiger partial charge in [-0.2, -0.15) is 0 Å². The fourth-order valence-electron chi connectivity index (χ4n) is 3.51. The number of hydrogen-bond acceptors (Lipinski definition) is 5. The Labute approximate surface area is 195 Å². The second-order valence-corrected chi connectivity index (χ2v) is 8.58. The molecule has 3 aromatic rings. The number of amides is 2. The maximum Gasteiger partial charge on any atom is 0.262 e. The highest BCUT2D eigenvalue weighted by Gasteiger charge is 2.23. The molecule has 170 valence electrons. The van der Waals surface area contributed by atoms with E-state index in [0.717, 1.165) is 22.6 Å². The minimum absolute atomic E-state index is 0.176. The number of fused-ring (bicyclic) bond motifs is 1. The number of carbonyl (C=O) groups is 2. The van der Waals surface area contributed by atoms with E-state index in [0.29, 0.717) is 22.7 Å². The topological polar surface area (TPSA) is 76.7 Å². The lowest BCUT2D eigenvalue weighted by atomic mass is 10.0. The predicted molar refractivity (Wildman–Crippen MR) is 126 cm³/mol. The number of thioether (sulfide) groups is 1. The average Bonchev–Trinajstić information content (AvgIpc) is 2.83. The van der Waals surface area contributed by atoms with Crippen LogP contribution in [-0.2, 0) is 4.79 Å². The molecule has 0 radical (unpaired) electrons. The van der Waals surface area contributed by atoms with E-state index in [4.69, 9.17) is 9.47 Å². The summed E-state index contributed by atoms with van der Waals surface area (Å²) >= 11 is 1.66. The summed E-state index contributed by atoms with van der Waals surface area (Å²) in [6.45, 7) is -0.176. The van der Waals surface area contributed by atoms with Crippen molar-refractivity contribution in [1.29, 1.82) is 0 Å². The predicted octanol–water partition coefficient (Wildman–Crippen LogP) is 4.82. The van der Waals surface area contributed by atoms with Crippen molar-refractivity contribution in [1.82, 2.24) is 5.32 Å². The summed E-state index contributed by atoms with van der Waals surface area (Å²) in [5, 5.41) is 5.73. The third-order valence-electron chi connectivity index (χ3n) is 5.16. The Bertz CT molecular complexity index is 1150. The van der Waals surface area contributed by atoms with Gasteiger partial charge in [0.05, 0.1) is 13.2 Å². The van der Waals surface area contributed by atoms with Crippen molar-refractivity contribution in [3.05, 3.63) is 83.7 Å². The molecular formula is C25H23FN2O4S. The van der Waals surface area contributed by atoms with E-state index < -0.39 is 0 Å². The monoisotopic (exact) mass is 466 g/mol. The normalized spacial score (nSPS) is 14.7. The van der Waals surface area contributed by atoms with Gasteiger partial charge in [0.1, 0.15) is 17.3 Å². The number of anilines is 1. The van der Waals surface area contributed by atoms with Gasteiger partial charge in [0.25, 0.3) is 11.8 Å². The third-order valence-corrected chi connectivity index (χ3v) is 6.28. The number of rotatable bonds is 7. The molecule has 8 heteroatoms. The van der Waals surface area contributed by atoms with Gasteiger partial charge in [-0.05, 0) is 66.6 Å². The largest absolute Gasteiger partial charge is 0.497 e. The molecule has 3 aromatic carbocycles. The molecule has 1 aliphatic rings. The summed E-state index contributed by atoms with van der Waals surface area (Å²) in [4.78, 5) is 25.8. The Morgan fingerprint density at radius 3 is 2.67 bits per heavy atom. The van der Waals surface area contributed by atoms with Crippen LogP contribution in [0.25, 0.3) is 0 Å². The Hall–Kier alpha value is -3.52. The van der Waals surface area contributed by atoms with Crippen LogP contribution in [0.4, 0.5) is 10.1 Å². The lowest BCUT2D eigenvalue weighted by molar-refractivity contribution is -0.118. The minimum Gasteiger partial charge on any atom is -0.497 e. The highest BCUT2D eigenvalue weighted by molar-refractivity contribution is 7.99. The molecule has 33 heavy (non-hydrogen) atoms. The lowest BCUT2D eigenvalue weighted by Gasteiger charge is -2.26. The molecule has 0 aliphatic carbocycles. The molecule has 2 amide bonds. The highest BCUT2D eigenvalue weighted by Crippen LogP contribution is 2.36. The molecule has 6 nitrogen and oxygen atoms in total. The fourth-order valence-corrected chi connectivity index (χ4v) is 4.61. The van der Waals surface area contributed by atoms with Crippen LogP contribution in [0.15, 0.2) is 71.6 Å². The van der Waals surface area contributed by atoms with Crippen LogP contribution in [0.3, 0.4) is 0 Å². The van der Waals surface area contributed by atoms with Gasteiger partial charge in [0, 0.05) is 28.0 Å². The summed E-state index contributed by atoms with van der Waals surface area (Å²) in [5.74, 6) is 1.09. The standard InChI is InChI=1S/C25H23FN2O4S/c1-31-20-4-2-3-18(14-20)27-24(29)15-32-19-8-5-16(6-9-19)25(30)28-22-11-12-33-23-10-7-17(26)13-21(22)23/h2-10,13-14,22H,11-12,15H2,1H3,(H,27,29)(H,28,30). The number of benzene rings is 3. The zero-order chi connectivity index (χ0) is 23.2. The molecule has 2 N–H and O–H groups in total. The first kappa shape index (κ1) is 22.7. The summed E-state index contributed by atoms with van der Waals surface area (Å²) in [6, 6.07) is 18.0. The number of ether oxygens (including phenoxy) is 2. The van der Waals surface area contributed by atoms with E-state index >= 15 is 0 Å². The second-order valence-electron chi connectivity index (χ2n) is 7.44. The lowest BCUT2D eigenvalue weighted by Crippen LogP contribution is -2.30. The Kier molecular flexibility index (Phi) is 7.14. The van der Waals surface area contributed by atoms with Crippen molar-refractivity contribution in [3.8, 4) is 11.5 Å². The van der Waals surface area contributed by atoms with Gasteiger partial charge in [-0.1, -0.05) is 6.07 Å². The van der Waals surface area contributed by atoms with Gasteiger partial charge < -0.3 is 20.1 Å². The number of nitrogens with one attached hydrogen (secondary N) is 2. The van der Waals surface area contributed by atoms with Gasteiger partial charge in [0.15, 0.2) is 6.61 Å². The molecule has 4 rings (SSSR count). The molecule has 0 aromatic heterocycles. The SMILES string of the molecule is COc1cccc(NC(=O)COc2ccc(C(=O)NC3CCSc4ccc(F)cc43)cc2)c1. The quantitative estimate of drug-likeness (QED) is 0.522. The van der Waals surface area contributed by atoms with Crippen molar-refractivity contribution in [2.45, 2.75) is 17.4 Å².